The number of ether oxygens (including phenoxy) is 3. The topological polar surface area (TPSA) is 48.0 Å². The smallest absolute Gasteiger partial charge is 0.181 e. The van der Waals surface area contributed by atoms with Gasteiger partial charge in [-0.15, -0.1) is 12.4 Å². The Morgan fingerprint density at radius 1 is 1.20 bits per heavy atom. The summed E-state index contributed by atoms with van der Waals surface area (Å²) in [6.07, 6.45) is 6.07. The van der Waals surface area contributed by atoms with Crippen molar-refractivity contribution < 1.29 is 19.0 Å². The highest BCUT2D eigenvalue weighted by atomic mass is 35.5. The number of benzene rings is 2. The summed E-state index contributed by atoms with van der Waals surface area (Å²) < 4.78 is 19.2. The molecule has 35 heavy (non-hydrogen) atoms. The number of hydrogen-bond donors (Lipinski definition) is 0. The second-order valence-electron chi connectivity index (χ2n) is 10.6. The first-order valence-corrected chi connectivity index (χ1v) is 12.9. The van der Waals surface area contributed by atoms with E-state index in [2.05, 4.69) is 43.1 Å². The average molecular weight is 498 g/mol. The van der Waals surface area contributed by atoms with Gasteiger partial charge in [-0.05, 0) is 50.8 Å². The minimum Gasteiger partial charge on any atom is -0.493 e. The van der Waals surface area contributed by atoms with Gasteiger partial charge < -0.3 is 19.1 Å². The van der Waals surface area contributed by atoms with Crippen molar-refractivity contribution in [1.29, 1.82) is 0 Å². The number of ketones is 1. The summed E-state index contributed by atoms with van der Waals surface area (Å²) >= 11 is 0. The van der Waals surface area contributed by atoms with E-state index < -0.39 is 5.60 Å². The molecule has 1 spiro atoms. The summed E-state index contributed by atoms with van der Waals surface area (Å²) in [5.41, 5.74) is 2.39. The number of hydrogen-bond acceptors (Lipinski definition) is 5. The number of halogens is 1. The molecule has 5 nitrogen and oxygen atoms in total. The van der Waals surface area contributed by atoms with E-state index in [1.54, 1.807) is 7.11 Å². The molecule has 0 amide bonds. The van der Waals surface area contributed by atoms with Crippen LogP contribution >= 0.6 is 12.4 Å². The highest BCUT2D eigenvalue weighted by Crippen LogP contribution is 2.68. The fraction of sp³-hybridized carbons (Fsp3) is 0.552. The van der Waals surface area contributed by atoms with Crippen LogP contribution in [0.5, 0.6) is 17.2 Å². The number of rotatable bonds is 7. The van der Waals surface area contributed by atoms with Crippen molar-refractivity contribution in [2.24, 2.45) is 5.92 Å². The second kappa shape index (κ2) is 9.01. The van der Waals surface area contributed by atoms with Crippen molar-refractivity contribution in [1.82, 2.24) is 4.90 Å². The van der Waals surface area contributed by atoms with Gasteiger partial charge in [0.15, 0.2) is 22.9 Å². The molecule has 4 aliphatic rings. The Balaban J connectivity index is 0.00000253. The third-order valence-corrected chi connectivity index (χ3v) is 9.10. The monoisotopic (exact) mass is 497 g/mol. The van der Waals surface area contributed by atoms with Crippen LogP contribution in [0.3, 0.4) is 0 Å². The molecule has 0 aromatic heterocycles. The summed E-state index contributed by atoms with van der Waals surface area (Å²) in [5.74, 6) is 3.04. The molecule has 0 unspecified atom stereocenters. The molecule has 2 aromatic carbocycles. The molecule has 1 saturated heterocycles. The quantitative estimate of drug-likeness (QED) is 0.495. The Bertz CT molecular complexity index is 1120. The lowest BCUT2D eigenvalue weighted by Crippen LogP contribution is -2.72. The van der Waals surface area contributed by atoms with E-state index in [0.29, 0.717) is 37.2 Å². The van der Waals surface area contributed by atoms with Gasteiger partial charge in [-0.25, -0.2) is 0 Å². The zero-order valence-corrected chi connectivity index (χ0v) is 21.8. The van der Waals surface area contributed by atoms with Gasteiger partial charge in [0.05, 0.1) is 19.1 Å². The number of nitrogens with zero attached hydrogens (tertiary/aromatic N) is 1. The predicted molar refractivity (Wildman–Crippen MR) is 138 cm³/mol. The van der Waals surface area contributed by atoms with Crippen LogP contribution < -0.4 is 14.2 Å². The van der Waals surface area contributed by atoms with E-state index in [1.165, 1.54) is 11.1 Å². The Labute approximate surface area is 214 Å². The van der Waals surface area contributed by atoms with Crippen LogP contribution in [0.1, 0.15) is 55.7 Å². The molecular weight excluding hydrogens is 462 g/mol. The Morgan fingerprint density at radius 3 is 2.74 bits per heavy atom. The SMILES string of the molecule is CCCCOc1cc(OC)c2c3c1C[C@@H]1[C@@H]4CCC(=O)[C@](Cc5ccccc5)(O2)[C@]34CCN1C.Cl. The Hall–Kier alpha value is -2.24. The van der Waals surface area contributed by atoms with Crippen LogP contribution in [0.15, 0.2) is 36.4 Å². The van der Waals surface area contributed by atoms with Crippen molar-refractivity contribution in [3.8, 4) is 17.2 Å². The van der Waals surface area contributed by atoms with Gasteiger partial charge in [0.2, 0.25) is 0 Å². The lowest BCUT2D eigenvalue weighted by atomic mass is 9.46. The van der Waals surface area contributed by atoms with Crippen molar-refractivity contribution in [3.63, 3.8) is 0 Å². The van der Waals surface area contributed by atoms with Crippen molar-refractivity contribution in [2.75, 3.05) is 27.3 Å². The largest absolute Gasteiger partial charge is 0.493 e. The first kappa shape index (κ1) is 24.5. The minimum absolute atomic E-state index is 0. The van der Waals surface area contributed by atoms with Crippen molar-refractivity contribution >= 4 is 18.2 Å². The minimum atomic E-state index is -0.885. The van der Waals surface area contributed by atoms with Gasteiger partial charge in [-0.2, -0.15) is 0 Å². The van der Waals surface area contributed by atoms with Gasteiger partial charge in [0, 0.05) is 36.1 Å². The molecule has 2 fully saturated rings. The molecule has 4 atom stereocenters. The van der Waals surface area contributed by atoms with Gasteiger partial charge in [-0.1, -0.05) is 43.7 Å². The molecule has 6 heteroatoms. The fourth-order valence-electron chi connectivity index (χ4n) is 7.57. The molecule has 0 N–H and O–H groups in total. The summed E-state index contributed by atoms with van der Waals surface area (Å²) in [7, 11) is 3.94. The molecule has 6 rings (SSSR count). The molecule has 2 aliphatic carbocycles. The first-order chi connectivity index (χ1) is 16.6. The number of Topliss-reactive ketones (excluding diaryl/α,β-unsaturated/α-hetero) is 1. The molecule has 2 aliphatic heterocycles. The highest BCUT2D eigenvalue weighted by Gasteiger charge is 2.73. The van der Waals surface area contributed by atoms with Gasteiger partial charge in [-0.3, -0.25) is 4.79 Å². The van der Waals surface area contributed by atoms with E-state index >= 15 is 0 Å². The molecule has 2 heterocycles. The standard InChI is InChI=1S/C29H35NO4.ClH/c1-4-5-15-33-23-17-24(32-3)27-26-20(23)16-22-21-11-12-25(31)29(34-27,18-19-9-7-6-8-10-19)28(21,26)13-14-30(22)2;/h6-10,17,21-22H,4-5,11-16,18H2,1-3H3;1H/t21-,22+,28-,29-;/m0./s1. The summed E-state index contributed by atoms with van der Waals surface area (Å²) in [6.45, 7) is 3.84. The first-order valence-electron chi connectivity index (χ1n) is 12.9. The zero-order chi connectivity index (χ0) is 23.5. The van der Waals surface area contributed by atoms with E-state index in [9.17, 15) is 4.79 Å². The van der Waals surface area contributed by atoms with E-state index in [-0.39, 0.29) is 23.6 Å². The number of likely N-dealkylation sites (tertiary alicyclic amines) is 1. The predicted octanol–water partition coefficient (Wildman–Crippen LogP) is 5.15. The van der Waals surface area contributed by atoms with E-state index in [0.717, 1.165) is 55.7 Å². The zero-order valence-electron chi connectivity index (χ0n) is 21.0. The van der Waals surface area contributed by atoms with Gasteiger partial charge in [0.25, 0.3) is 0 Å². The van der Waals surface area contributed by atoms with Crippen LogP contribution in [-0.2, 0) is 23.1 Å². The number of likely N-dealkylation sites (N-methyl/N-ethyl adjacent to an activating group) is 1. The lowest BCUT2D eigenvalue weighted by Gasteiger charge is -2.61. The maximum absolute atomic E-state index is 14.0. The maximum Gasteiger partial charge on any atom is 0.181 e. The van der Waals surface area contributed by atoms with Crippen molar-refractivity contribution in [3.05, 3.63) is 53.1 Å². The maximum atomic E-state index is 14.0. The summed E-state index contributed by atoms with van der Waals surface area (Å²) in [5, 5.41) is 0. The van der Waals surface area contributed by atoms with Crippen LogP contribution in [-0.4, -0.2) is 49.6 Å². The van der Waals surface area contributed by atoms with Gasteiger partial charge >= 0.3 is 0 Å². The molecule has 2 aromatic rings. The lowest BCUT2D eigenvalue weighted by molar-refractivity contribution is -0.156. The second-order valence-corrected chi connectivity index (χ2v) is 10.6. The fourth-order valence-corrected chi connectivity index (χ4v) is 7.57. The van der Waals surface area contributed by atoms with E-state index in [4.69, 9.17) is 14.2 Å². The normalized spacial score (nSPS) is 30.2. The van der Waals surface area contributed by atoms with Crippen LogP contribution in [0, 0.1) is 5.92 Å². The Morgan fingerprint density at radius 2 is 2.00 bits per heavy atom. The van der Waals surface area contributed by atoms with Crippen molar-refractivity contribution in [2.45, 2.75) is 68.9 Å². The molecular formula is C29H36ClNO4. The number of carbonyl (C=O) groups is 1. The summed E-state index contributed by atoms with van der Waals surface area (Å²) in [6, 6.07) is 12.8. The third-order valence-electron chi connectivity index (χ3n) is 9.10. The molecule has 1 saturated carbocycles. The van der Waals surface area contributed by atoms with Gasteiger partial charge in [0.1, 0.15) is 5.75 Å². The Kier molecular flexibility index (Phi) is 6.29. The number of piperidine rings is 1. The number of methoxy groups -OCH3 is 1. The average Bonchev–Trinajstić information content (AvgIpc) is 3.14. The van der Waals surface area contributed by atoms with Crippen LogP contribution in [0.4, 0.5) is 0 Å². The third kappa shape index (κ3) is 3.27. The number of carbonyl (C=O) groups excluding carboxylic acids is 1. The molecule has 0 radical (unpaired) electrons. The van der Waals surface area contributed by atoms with Crippen LogP contribution in [0.2, 0.25) is 0 Å². The number of unbranched alkanes of at least 4 members (excludes halogenated alkanes) is 1. The van der Waals surface area contributed by atoms with Crippen LogP contribution in [0.25, 0.3) is 0 Å². The molecule has 188 valence electrons. The summed E-state index contributed by atoms with van der Waals surface area (Å²) in [4.78, 5) is 16.5. The van der Waals surface area contributed by atoms with E-state index in [1.807, 2.05) is 12.1 Å². The molecule has 2 bridgehead atoms. The highest BCUT2D eigenvalue weighted by molar-refractivity contribution is 5.94.